The smallest absolute Gasteiger partial charge is 0.413 e. The van der Waals surface area contributed by atoms with Crippen molar-refractivity contribution < 1.29 is 14.6 Å². The topological polar surface area (TPSA) is 83.5 Å². The third kappa shape index (κ3) is 5.86. The van der Waals surface area contributed by atoms with Crippen LogP contribution in [0.25, 0.3) is 0 Å². The van der Waals surface area contributed by atoms with Gasteiger partial charge in [0.05, 0.1) is 11.9 Å². The molecule has 1 aromatic heterocycles. The lowest BCUT2D eigenvalue weighted by Crippen LogP contribution is -2.27. The lowest BCUT2D eigenvalue weighted by Gasteiger charge is -2.19. The average Bonchev–Trinajstić information content (AvgIpc) is 2.46. The molecule has 2 rings (SSSR count). The summed E-state index contributed by atoms with van der Waals surface area (Å²) in [6.07, 6.45) is 1.10. The molecule has 0 bridgehead atoms. The molecule has 1 amide bonds. The number of nitrogens with one attached hydrogen (secondary N) is 2. The molecule has 0 fully saturated rings. The zero-order chi connectivity index (χ0) is 16.9. The minimum absolute atomic E-state index is 0.244. The van der Waals surface area contributed by atoms with Crippen molar-refractivity contribution in [3.63, 3.8) is 0 Å². The van der Waals surface area contributed by atoms with Gasteiger partial charge in [0.1, 0.15) is 17.2 Å². The molecular formula is C17H21N3O3. The third-order valence-electron chi connectivity index (χ3n) is 2.83. The van der Waals surface area contributed by atoms with Crippen molar-refractivity contribution in [3.05, 3.63) is 48.2 Å². The fourth-order valence-electron chi connectivity index (χ4n) is 1.80. The molecule has 0 spiro atoms. The van der Waals surface area contributed by atoms with Crippen LogP contribution in [0.4, 0.5) is 16.3 Å². The highest BCUT2D eigenvalue weighted by molar-refractivity contribution is 5.83. The molecule has 1 heterocycles. The zero-order valence-electron chi connectivity index (χ0n) is 13.5. The predicted octanol–water partition coefficient (Wildman–Crippen LogP) is 3.75. The number of ether oxygens (including phenoxy) is 1. The van der Waals surface area contributed by atoms with Gasteiger partial charge in [-0.1, -0.05) is 12.1 Å². The Balaban J connectivity index is 1.87. The lowest BCUT2D eigenvalue weighted by atomic mass is 10.2. The number of carbonyl (C=O) groups excluding carboxylic acids is 1. The van der Waals surface area contributed by atoms with Gasteiger partial charge in [0.2, 0.25) is 0 Å². The number of pyridine rings is 1. The molecule has 0 aliphatic rings. The van der Waals surface area contributed by atoms with Crippen LogP contribution in [0, 0.1) is 0 Å². The average molecular weight is 315 g/mol. The highest BCUT2D eigenvalue weighted by Crippen LogP contribution is 2.14. The van der Waals surface area contributed by atoms with Gasteiger partial charge in [0.15, 0.2) is 0 Å². The van der Waals surface area contributed by atoms with Gasteiger partial charge in [-0.05, 0) is 50.6 Å². The van der Waals surface area contributed by atoms with E-state index in [1.165, 1.54) is 0 Å². The second-order valence-electron chi connectivity index (χ2n) is 6.08. The fourth-order valence-corrected chi connectivity index (χ4v) is 1.80. The highest BCUT2D eigenvalue weighted by atomic mass is 16.6. The maximum atomic E-state index is 11.6. The first-order chi connectivity index (χ1) is 10.8. The minimum Gasteiger partial charge on any atom is -0.508 e. The Morgan fingerprint density at radius 1 is 1.17 bits per heavy atom. The van der Waals surface area contributed by atoms with E-state index in [0.717, 1.165) is 11.3 Å². The number of anilines is 2. The van der Waals surface area contributed by atoms with Gasteiger partial charge in [0.25, 0.3) is 0 Å². The summed E-state index contributed by atoms with van der Waals surface area (Å²) in [6.45, 7) is 6.02. The van der Waals surface area contributed by atoms with Crippen molar-refractivity contribution in [2.75, 3.05) is 10.6 Å². The molecular weight excluding hydrogens is 294 g/mol. The van der Waals surface area contributed by atoms with Crippen LogP contribution in [-0.2, 0) is 11.3 Å². The van der Waals surface area contributed by atoms with Crippen LogP contribution in [0.1, 0.15) is 26.3 Å². The van der Waals surface area contributed by atoms with E-state index in [0.29, 0.717) is 12.4 Å². The Morgan fingerprint density at radius 2 is 1.87 bits per heavy atom. The maximum absolute atomic E-state index is 11.6. The fraction of sp³-hybridized carbons (Fsp3) is 0.294. The number of amides is 1. The van der Waals surface area contributed by atoms with Gasteiger partial charge < -0.3 is 15.2 Å². The van der Waals surface area contributed by atoms with E-state index in [4.69, 9.17) is 4.74 Å². The molecule has 0 atom stereocenters. The molecule has 3 N–H and O–H groups in total. The molecule has 0 aliphatic carbocycles. The van der Waals surface area contributed by atoms with Crippen LogP contribution in [0.3, 0.4) is 0 Å². The molecule has 0 saturated carbocycles. The van der Waals surface area contributed by atoms with Crippen LogP contribution in [0.15, 0.2) is 42.6 Å². The van der Waals surface area contributed by atoms with Gasteiger partial charge in [-0.3, -0.25) is 5.32 Å². The van der Waals surface area contributed by atoms with E-state index >= 15 is 0 Å². The van der Waals surface area contributed by atoms with Crippen molar-refractivity contribution in [1.29, 1.82) is 0 Å². The van der Waals surface area contributed by atoms with Crippen molar-refractivity contribution in [1.82, 2.24) is 4.98 Å². The van der Waals surface area contributed by atoms with Crippen molar-refractivity contribution in [2.24, 2.45) is 0 Å². The summed E-state index contributed by atoms with van der Waals surface area (Å²) in [6, 6.07) is 10.5. The van der Waals surface area contributed by atoms with Gasteiger partial charge >= 0.3 is 6.09 Å². The number of carbonyl (C=O) groups is 1. The number of benzene rings is 1. The van der Waals surface area contributed by atoms with Crippen LogP contribution < -0.4 is 10.6 Å². The van der Waals surface area contributed by atoms with E-state index in [1.54, 1.807) is 45.2 Å². The van der Waals surface area contributed by atoms with Crippen molar-refractivity contribution in [2.45, 2.75) is 32.9 Å². The number of phenols is 1. The number of phenolic OH excluding ortho intramolecular Hbond substituents is 1. The predicted molar refractivity (Wildman–Crippen MR) is 89.5 cm³/mol. The summed E-state index contributed by atoms with van der Waals surface area (Å²) in [4.78, 5) is 15.8. The molecule has 0 radical (unpaired) electrons. The molecule has 0 saturated heterocycles. The van der Waals surface area contributed by atoms with Gasteiger partial charge in [0, 0.05) is 6.54 Å². The second-order valence-corrected chi connectivity index (χ2v) is 6.08. The van der Waals surface area contributed by atoms with E-state index in [1.807, 2.05) is 18.2 Å². The van der Waals surface area contributed by atoms with Crippen LogP contribution >= 0.6 is 0 Å². The molecule has 6 nitrogen and oxygen atoms in total. The van der Waals surface area contributed by atoms with E-state index in [9.17, 15) is 9.90 Å². The third-order valence-corrected chi connectivity index (χ3v) is 2.83. The normalized spacial score (nSPS) is 10.9. The quantitative estimate of drug-likeness (QED) is 0.800. The monoisotopic (exact) mass is 315 g/mol. The highest BCUT2D eigenvalue weighted by Gasteiger charge is 2.16. The molecule has 122 valence electrons. The molecule has 1 aromatic carbocycles. The summed E-state index contributed by atoms with van der Waals surface area (Å²) in [5, 5.41) is 15.0. The Bertz CT molecular complexity index is 646. The Morgan fingerprint density at radius 3 is 2.43 bits per heavy atom. The number of hydrogen-bond acceptors (Lipinski definition) is 5. The van der Waals surface area contributed by atoms with Crippen molar-refractivity contribution >= 4 is 17.6 Å². The molecule has 6 heteroatoms. The zero-order valence-corrected chi connectivity index (χ0v) is 13.5. The Labute approximate surface area is 135 Å². The second kappa shape index (κ2) is 7.00. The van der Waals surface area contributed by atoms with Crippen LogP contribution in [0.5, 0.6) is 5.75 Å². The lowest BCUT2D eigenvalue weighted by molar-refractivity contribution is 0.0635. The van der Waals surface area contributed by atoms with Gasteiger partial charge in [-0.2, -0.15) is 0 Å². The Kier molecular flexibility index (Phi) is 5.05. The summed E-state index contributed by atoms with van der Waals surface area (Å²) in [5.41, 5.74) is 1.32. The number of aromatic hydroxyl groups is 1. The largest absolute Gasteiger partial charge is 0.508 e. The summed E-state index contributed by atoms with van der Waals surface area (Å²) >= 11 is 0. The SMILES string of the molecule is CC(C)(C)OC(=O)Nc1ccc(NCc2ccc(O)cc2)cn1. The van der Waals surface area contributed by atoms with E-state index in [-0.39, 0.29) is 5.75 Å². The maximum Gasteiger partial charge on any atom is 0.413 e. The van der Waals surface area contributed by atoms with Gasteiger partial charge in [-0.25, -0.2) is 9.78 Å². The molecule has 0 aliphatic heterocycles. The van der Waals surface area contributed by atoms with E-state index in [2.05, 4.69) is 15.6 Å². The van der Waals surface area contributed by atoms with Gasteiger partial charge in [-0.15, -0.1) is 0 Å². The van der Waals surface area contributed by atoms with Crippen LogP contribution in [-0.4, -0.2) is 21.8 Å². The number of rotatable bonds is 4. The first-order valence-corrected chi connectivity index (χ1v) is 7.30. The molecule has 2 aromatic rings. The van der Waals surface area contributed by atoms with E-state index < -0.39 is 11.7 Å². The molecule has 23 heavy (non-hydrogen) atoms. The number of nitrogens with zero attached hydrogens (tertiary/aromatic N) is 1. The number of hydrogen-bond donors (Lipinski definition) is 3. The molecule has 0 unspecified atom stereocenters. The first kappa shape index (κ1) is 16.6. The summed E-state index contributed by atoms with van der Waals surface area (Å²) < 4.78 is 5.16. The summed E-state index contributed by atoms with van der Waals surface area (Å²) in [5.74, 6) is 0.669. The van der Waals surface area contributed by atoms with Crippen molar-refractivity contribution in [3.8, 4) is 5.75 Å². The van der Waals surface area contributed by atoms with Crippen LogP contribution in [0.2, 0.25) is 0 Å². The standard InChI is InChI=1S/C17H21N3O3/c1-17(2,3)23-16(22)20-15-9-6-13(11-19-15)18-10-12-4-7-14(21)8-5-12/h4-9,11,18,21H,10H2,1-3H3,(H,19,20,22). The Hall–Kier alpha value is -2.76. The minimum atomic E-state index is -0.546. The number of aromatic nitrogens is 1. The summed E-state index contributed by atoms with van der Waals surface area (Å²) in [7, 11) is 0. The first-order valence-electron chi connectivity index (χ1n) is 7.30.